The smallest absolute Gasteiger partial charge is 0.225 e. The molecule has 1 saturated heterocycles. The summed E-state index contributed by atoms with van der Waals surface area (Å²) < 4.78 is 0. The van der Waals surface area contributed by atoms with Gasteiger partial charge in [0.1, 0.15) is 0 Å². The molecule has 7 heteroatoms. The zero-order valence-corrected chi connectivity index (χ0v) is 16.7. The van der Waals surface area contributed by atoms with E-state index in [1.807, 2.05) is 6.07 Å². The fourth-order valence-corrected chi connectivity index (χ4v) is 3.29. The maximum atomic E-state index is 6.24. The molecule has 2 fully saturated rings. The topological polar surface area (TPSA) is 70.6 Å². The third-order valence-electron chi connectivity index (χ3n) is 5.64. The van der Waals surface area contributed by atoms with Gasteiger partial charge in [0.15, 0.2) is 5.96 Å². The van der Waals surface area contributed by atoms with Crippen LogP contribution in [0.15, 0.2) is 23.5 Å². The minimum atomic E-state index is 0. The van der Waals surface area contributed by atoms with E-state index < -0.39 is 0 Å². The summed E-state index contributed by atoms with van der Waals surface area (Å²) in [4.78, 5) is 17.8. The molecule has 2 aliphatic rings. The number of hydrogen-bond donors (Lipinski definition) is 1. The molecular weight excluding hydrogens is 403 g/mol. The van der Waals surface area contributed by atoms with Crippen molar-refractivity contribution in [2.75, 3.05) is 31.1 Å². The van der Waals surface area contributed by atoms with E-state index in [1.54, 1.807) is 12.4 Å². The Balaban J connectivity index is 0.00000192. The molecule has 0 atom stereocenters. The van der Waals surface area contributed by atoms with Gasteiger partial charge in [0, 0.05) is 38.6 Å². The second-order valence-electron chi connectivity index (χ2n) is 7.36. The fourth-order valence-electron chi connectivity index (χ4n) is 3.29. The van der Waals surface area contributed by atoms with Crippen molar-refractivity contribution in [1.29, 1.82) is 0 Å². The van der Waals surface area contributed by atoms with Gasteiger partial charge < -0.3 is 15.5 Å². The van der Waals surface area contributed by atoms with Crippen LogP contribution in [0, 0.1) is 10.8 Å². The van der Waals surface area contributed by atoms with Crippen LogP contribution in [0.25, 0.3) is 0 Å². The summed E-state index contributed by atoms with van der Waals surface area (Å²) >= 11 is 0. The van der Waals surface area contributed by atoms with E-state index in [2.05, 4.69) is 47.5 Å². The molecule has 0 aromatic carbocycles. The van der Waals surface area contributed by atoms with E-state index in [4.69, 9.17) is 10.7 Å². The third-order valence-corrected chi connectivity index (χ3v) is 5.64. The van der Waals surface area contributed by atoms with Crippen molar-refractivity contribution >= 4 is 35.9 Å². The van der Waals surface area contributed by atoms with Gasteiger partial charge in [-0.3, -0.25) is 0 Å². The van der Waals surface area contributed by atoms with Crippen molar-refractivity contribution in [2.45, 2.75) is 33.7 Å². The van der Waals surface area contributed by atoms with Crippen LogP contribution in [0.1, 0.15) is 27.7 Å². The largest absolute Gasteiger partial charge is 0.370 e. The van der Waals surface area contributed by atoms with Gasteiger partial charge in [-0.05, 0) is 16.9 Å². The van der Waals surface area contributed by atoms with E-state index in [0.29, 0.717) is 12.0 Å². The van der Waals surface area contributed by atoms with Gasteiger partial charge in [0.05, 0.1) is 6.04 Å². The molecule has 1 aromatic heterocycles. The molecule has 23 heavy (non-hydrogen) atoms. The molecule has 1 aliphatic heterocycles. The number of guanidine groups is 1. The van der Waals surface area contributed by atoms with Crippen LogP contribution in [0.3, 0.4) is 0 Å². The summed E-state index contributed by atoms with van der Waals surface area (Å²) in [5.41, 5.74) is 6.71. The Morgan fingerprint density at radius 1 is 1.09 bits per heavy atom. The van der Waals surface area contributed by atoms with E-state index >= 15 is 0 Å². The highest BCUT2D eigenvalue weighted by molar-refractivity contribution is 14.0. The number of halogens is 1. The van der Waals surface area contributed by atoms with Crippen LogP contribution in [0.4, 0.5) is 5.95 Å². The molecular formula is C16H27IN6. The standard InChI is InChI=1S/C16H26N6.HI/c1-15(2)12(16(15,3)4)20-13(17)21-8-10-22(11-9-21)14-18-6-5-7-19-14;/h5-7,12H,8-11H2,1-4H3,(H2,17,20);1H. The van der Waals surface area contributed by atoms with Gasteiger partial charge in [-0.15, -0.1) is 24.0 Å². The summed E-state index contributed by atoms with van der Waals surface area (Å²) in [6.07, 6.45) is 3.56. The molecule has 2 N–H and O–H groups in total. The van der Waals surface area contributed by atoms with Crippen LogP contribution in [-0.4, -0.2) is 53.0 Å². The Kier molecular flexibility index (Phi) is 5.08. The lowest BCUT2D eigenvalue weighted by atomic mass is 10.0. The molecule has 1 aromatic rings. The zero-order valence-electron chi connectivity index (χ0n) is 14.4. The zero-order chi connectivity index (χ0) is 16.0. The number of aliphatic imine (C=N–C) groups is 1. The minimum Gasteiger partial charge on any atom is -0.370 e. The van der Waals surface area contributed by atoms with Crippen LogP contribution in [-0.2, 0) is 0 Å². The van der Waals surface area contributed by atoms with Crippen LogP contribution in [0.5, 0.6) is 0 Å². The highest BCUT2D eigenvalue weighted by atomic mass is 127. The summed E-state index contributed by atoms with van der Waals surface area (Å²) in [5, 5.41) is 0. The van der Waals surface area contributed by atoms with Crippen LogP contribution < -0.4 is 10.6 Å². The lowest BCUT2D eigenvalue weighted by Crippen LogP contribution is -2.51. The van der Waals surface area contributed by atoms with E-state index in [0.717, 1.165) is 32.1 Å². The quantitative estimate of drug-likeness (QED) is 0.442. The maximum absolute atomic E-state index is 6.24. The predicted octanol–water partition coefficient (Wildman–Crippen LogP) is 1.97. The first-order valence-electron chi connectivity index (χ1n) is 7.94. The van der Waals surface area contributed by atoms with Crippen molar-refractivity contribution in [3.63, 3.8) is 0 Å². The summed E-state index contributed by atoms with van der Waals surface area (Å²) in [7, 11) is 0. The second kappa shape index (κ2) is 6.41. The van der Waals surface area contributed by atoms with Gasteiger partial charge in [0.2, 0.25) is 5.95 Å². The Morgan fingerprint density at radius 2 is 1.61 bits per heavy atom. The van der Waals surface area contributed by atoms with Gasteiger partial charge in [-0.2, -0.15) is 0 Å². The summed E-state index contributed by atoms with van der Waals surface area (Å²) in [6, 6.07) is 2.15. The maximum Gasteiger partial charge on any atom is 0.225 e. The number of anilines is 1. The number of nitrogens with two attached hydrogens (primary N) is 1. The normalized spacial score (nSPS) is 23.4. The first kappa shape index (κ1) is 18.2. The molecule has 0 bridgehead atoms. The van der Waals surface area contributed by atoms with Crippen LogP contribution >= 0.6 is 24.0 Å². The van der Waals surface area contributed by atoms with Crippen molar-refractivity contribution in [3.8, 4) is 0 Å². The summed E-state index contributed by atoms with van der Waals surface area (Å²) in [6.45, 7) is 12.5. The Hall–Kier alpha value is -1.12. The summed E-state index contributed by atoms with van der Waals surface area (Å²) in [5.74, 6) is 1.47. The van der Waals surface area contributed by atoms with Crippen molar-refractivity contribution < 1.29 is 0 Å². The number of hydrogen-bond acceptors (Lipinski definition) is 4. The molecule has 1 aliphatic carbocycles. The Bertz CT molecular complexity index is 549. The average Bonchev–Trinajstić information content (AvgIpc) is 2.90. The molecule has 0 amide bonds. The molecule has 0 unspecified atom stereocenters. The third kappa shape index (κ3) is 3.25. The highest BCUT2D eigenvalue weighted by Gasteiger charge is 2.65. The van der Waals surface area contributed by atoms with Crippen molar-refractivity contribution in [1.82, 2.24) is 14.9 Å². The Morgan fingerprint density at radius 3 is 2.09 bits per heavy atom. The van der Waals surface area contributed by atoms with E-state index in [9.17, 15) is 0 Å². The monoisotopic (exact) mass is 430 g/mol. The van der Waals surface area contributed by atoms with Gasteiger partial charge in [-0.25, -0.2) is 15.0 Å². The van der Waals surface area contributed by atoms with Gasteiger partial charge in [0.25, 0.3) is 0 Å². The lowest BCUT2D eigenvalue weighted by Gasteiger charge is -2.35. The SMILES string of the molecule is CC1(C)C(N=C(N)N2CCN(c3ncccn3)CC2)C1(C)C.I. The first-order valence-corrected chi connectivity index (χ1v) is 7.94. The van der Waals surface area contributed by atoms with Crippen molar-refractivity contribution in [3.05, 3.63) is 18.5 Å². The number of aromatic nitrogens is 2. The highest BCUT2D eigenvalue weighted by Crippen LogP contribution is 2.64. The fraction of sp³-hybridized carbons (Fsp3) is 0.688. The molecule has 0 spiro atoms. The molecule has 2 heterocycles. The number of piperazine rings is 1. The number of nitrogens with zero attached hydrogens (tertiary/aromatic N) is 5. The lowest BCUT2D eigenvalue weighted by molar-refractivity contribution is 0.377. The van der Waals surface area contributed by atoms with Gasteiger partial charge in [-0.1, -0.05) is 27.7 Å². The minimum absolute atomic E-state index is 0. The molecule has 0 radical (unpaired) electrons. The molecule has 1 saturated carbocycles. The van der Waals surface area contributed by atoms with Crippen molar-refractivity contribution in [2.24, 2.45) is 21.6 Å². The van der Waals surface area contributed by atoms with E-state index in [1.165, 1.54) is 0 Å². The molecule has 3 rings (SSSR count). The first-order chi connectivity index (χ1) is 10.3. The second-order valence-corrected chi connectivity index (χ2v) is 7.36. The predicted molar refractivity (Wildman–Crippen MR) is 104 cm³/mol. The number of rotatable bonds is 2. The van der Waals surface area contributed by atoms with Gasteiger partial charge >= 0.3 is 0 Å². The van der Waals surface area contributed by atoms with Crippen LogP contribution in [0.2, 0.25) is 0 Å². The molecule has 128 valence electrons. The average molecular weight is 430 g/mol. The van der Waals surface area contributed by atoms with E-state index in [-0.39, 0.29) is 34.8 Å². The Labute approximate surface area is 155 Å². The molecule has 6 nitrogen and oxygen atoms in total.